The highest BCUT2D eigenvalue weighted by molar-refractivity contribution is 5.36. The Balaban J connectivity index is 1.13. The highest BCUT2D eigenvalue weighted by Gasteiger charge is 2.63. The number of aliphatic hydroxyl groups excluding tert-OH is 1. The van der Waals surface area contributed by atoms with Gasteiger partial charge in [-0.05, 0) is 116 Å². The number of fused-ring (bicyclic) bond motifs is 6. The zero-order valence-electron chi connectivity index (χ0n) is 26.0. The molecule has 1 N–H and O–H groups in total. The molecule has 2 heterocycles. The van der Waals surface area contributed by atoms with E-state index in [2.05, 4.69) is 42.6 Å². The molecule has 1 spiro atoms. The van der Waals surface area contributed by atoms with Crippen molar-refractivity contribution in [1.82, 2.24) is 4.90 Å². The molecule has 0 amide bonds. The van der Waals surface area contributed by atoms with Gasteiger partial charge in [-0.2, -0.15) is 0 Å². The van der Waals surface area contributed by atoms with Gasteiger partial charge >= 0.3 is 0 Å². The van der Waals surface area contributed by atoms with Gasteiger partial charge < -0.3 is 14.6 Å². The van der Waals surface area contributed by atoms with Crippen molar-refractivity contribution in [3.8, 4) is 0 Å². The van der Waals surface area contributed by atoms with E-state index in [9.17, 15) is 5.11 Å². The number of piperidine rings is 1. The molecule has 4 aliphatic carbocycles. The second-order valence-corrected chi connectivity index (χ2v) is 15.2. The van der Waals surface area contributed by atoms with Crippen LogP contribution in [0, 0.1) is 40.9 Å². The number of nitrogens with zero attached hydrogens (tertiary/aromatic N) is 4. The maximum Gasteiger partial charge on any atom is 0.216 e. The van der Waals surface area contributed by atoms with E-state index in [1.54, 1.807) is 5.57 Å². The molecule has 0 bridgehead atoms. The number of benzene rings is 1. The number of azide groups is 1. The molecule has 6 aliphatic rings. The number of likely N-dealkylation sites (tertiary alicyclic amines) is 1. The standard InChI is InChI=1S/C35H50N4O3/c1-21-16-31-32(39(19-21)33(40)41-20-24-8-6-5-7-9-24)23(3)35(42-31)15-13-27-28-11-10-25-17-26(37-38-36)12-14-34(25,4)30(28)18-29(27)22(35)2/h5-9,21,23,25-28,30-33,40H,10-20H2,1-4H3/t21?,23-,25-,26?,27+,28?,30+,31-,32?,33?,34?,35?/m1/s1. The Hall–Kier alpha value is -1.89. The molecule has 1 aromatic carbocycles. The number of hydrogen-bond donors (Lipinski definition) is 1. The van der Waals surface area contributed by atoms with Crippen LogP contribution < -0.4 is 0 Å². The average molecular weight is 575 g/mol. The second kappa shape index (κ2) is 10.9. The van der Waals surface area contributed by atoms with Crippen LogP contribution in [-0.4, -0.2) is 46.8 Å². The fourth-order valence-electron chi connectivity index (χ4n) is 11.2. The molecule has 2 aliphatic heterocycles. The highest BCUT2D eigenvalue weighted by Crippen LogP contribution is 2.66. The van der Waals surface area contributed by atoms with Gasteiger partial charge in [-0.25, -0.2) is 4.90 Å². The molecule has 0 aromatic heterocycles. The van der Waals surface area contributed by atoms with Crippen LogP contribution in [0.4, 0.5) is 0 Å². The Bertz CT molecular complexity index is 1250. The lowest BCUT2D eigenvalue weighted by Gasteiger charge is -2.53. The van der Waals surface area contributed by atoms with Gasteiger partial charge in [0.1, 0.15) is 0 Å². The van der Waals surface area contributed by atoms with Crippen LogP contribution in [0.25, 0.3) is 10.4 Å². The molecule has 2 saturated heterocycles. The Morgan fingerprint density at radius 3 is 2.74 bits per heavy atom. The van der Waals surface area contributed by atoms with Gasteiger partial charge in [-0.3, -0.25) is 0 Å². The van der Waals surface area contributed by atoms with Gasteiger partial charge in [-0.1, -0.05) is 61.8 Å². The minimum atomic E-state index is -0.933. The third-order valence-electron chi connectivity index (χ3n) is 13.3. The highest BCUT2D eigenvalue weighted by atomic mass is 16.6. The first-order chi connectivity index (χ1) is 20.2. The lowest BCUT2D eigenvalue weighted by atomic mass is 9.52. The number of hydrogen-bond acceptors (Lipinski definition) is 5. The summed E-state index contributed by atoms with van der Waals surface area (Å²) in [6.45, 7) is 10.9. The lowest BCUT2D eigenvalue weighted by Crippen LogP contribution is -2.56. The average Bonchev–Trinajstić information content (AvgIpc) is 3.51. The normalized spacial score (nSPS) is 45.5. The summed E-state index contributed by atoms with van der Waals surface area (Å²) in [6, 6.07) is 10.5. The van der Waals surface area contributed by atoms with Crippen molar-refractivity contribution in [1.29, 1.82) is 0 Å². The molecule has 42 heavy (non-hydrogen) atoms. The zero-order chi connectivity index (χ0) is 29.2. The van der Waals surface area contributed by atoms with Crippen molar-refractivity contribution in [3.05, 3.63) is 57.5 Å². The fourth-order valence-corrected chi connectivity index (χ4v) is 11.2. The van der Waals surface area contributed by atoms with E-state index in [4.69, 9.17) is 15.0 Å². The molecule has 7 nitrogen and oxygen atoms in total. The molecule has 1 aromatic rings. The molecular weight excluding hydrogens is 524 g/mol. The first-order valence-electron chi connectivity index (χ1n) is 16.8. The number of allylic oxidation sites excluding steroid dienone is 1. The summed E-state index contributed by atoms with van der Waals surface area (Å²) in [5, 5.41) is 15.5. The van der Waals surface area contributed by atoms with Crippen molar-refractivity contribution in [3.63, 3.8) is 0 Å². The van der Waals surface area contributed by atoms with Gasteiger partial charge in [0, 0.05) is 29.5 Å². The first kappa shape index (κ1) is 28.9. The minimum Gasteiger partial charge on any atom is -0.365 e. The van der Waals surface area contributed by atoms with Crippen LogP contribution in [0.1, 0.15) is 91.0 Å². The molecule has 7 heteroatoms. The quantitative estimate of drug-likeness (QED) is 0.129. The predicted molar refractivity (Wildman–Crippen MR) is 163 cm³/mol. The summed E-state index contributed by atoms with van der Waals surface area (Å²) in [6.07, 6.45) is 9.67. The molecule has 7 unspecified atom stereocenters. The van der Waals surface area contributed by atoms with E-state index < -0.39 is 6.41 Å². The van der Waals surface area contributed by atoms with Crippen LogP contribution in [0.2, 0.25) is 0 Å². The van der Waals surface area contributed by atoms with Crippen molar-refractivity contribution < 1.29 is 14.6 Å². The Labute approximate surface area is 251 Å². The van der Waals surface area contributed by atoms with Crippen molar-refractivity contribution in [2.45, 2.75) is 122 Å². The Kier molecular flexibility index (Phi) is 7.51. The van der Waals surface area contributed by atoms with Crippen LogP contribution in [0.5, 0.6) is 0 Å². The fraction of sp³-hybridized carbons (Fsp3) is 0.771. The third kappa shape index (κ3) is 4.49. The summed E-state index contributed by atoms with van der Waals surface area (Å²) >= 11 is 0. The Morgan fingerprint density at radius 2 is 1.95 bits per heavy atom. The van der Waals surface area contributed by atoms with E-state index >= 15 is 0 Å². The van der Waals surface area contributed by atoms with Gasteiger partial charge in [0.2, 0.25) is 6.41 Å². The molecule has 7 rings (SSSR count). The van der Waals surface area contributed by atoms with Crippen molar-refractivity contribution >= 4 is 0 Å². The van der Waals surface area contributed by atoms with E-state index in [-0.39, 0.29) is 23.8 Å². The molecule has 3 saturated carbocycles. The molecule has 0 radical (unpaired) electrons. The topological polar surface area (TPSA) is 90.7 Å². The van der Waals surface area contributed by atoms with Crippen molar-refractivity contribution in [2.24, 2.45) is 46.0 Å². The predicted octanol–water partition coefficient (Wildman–Crippen LogP) is 7.60. The number of ether oxygens (including phenoxy) is 2. The van der Waals surface area contributed by atoms with Gasteiger partial charge in [0.05, 0.1) is 18.3 Å². The van der Waals surface area contributed by atoms with Crippen LogP contribution >= 0.6 is 0 Å². The lowest BCUT2D eigenvalue weighted by molar-refractivity contribution is -0.230. The van der Waals surface area contributed by atoms with Gasteiger partial charge in [-0.15, -0.1) is 0 Å². The van der Waals surface area contributed by atoms with Crippen LogP contribution in [0.15, 0.2) is 46.6 Å². The van der Waals surface area contributed by atoms with Crippen LogP contribution in [-0.2, 0) is 16.1 Å². The number of rotatable bonds is 5. The summed E-state index contributed by atoms with van der Waals surface area (Å²) in [5.41, 5.74) is 13.5. The number of aliphatic hydroxyl groups is 1. The minimum absolute atomic E-state index is 0.118. The molecule has 228 valence electrons. The third-order valence-corrected chi connectivity index (χ3v) is 13.3. The monoisotopic (exact) mass is 574 g/mol. The Morgan fingerprint density at radius 1 is 1.14 bits per heavy atom. The summed E-state index contributed by atoms with van der Waals surface area (Å²) in [7, 11) is 0. The van der Waals surface area contributed by atoms with E-state index in [0.717, 1.165) is 49.6 Å². The van der Waals surface area contributed by atoms with E-state index in [0.29, 0.717) is 35.7 Å². The zero-order valence-corrected chi connectivity index (χ0v) is 26.0. The second-order valence-electron chi connectivity index (χ2n) is 15.2. The van der Waals surface area contributed by atoms with Gasteiger partial charge in [0.15, 0.2) is 0 Å². The van der Waals surface area contributed by atoms with E-state index in [1.807, 2.05) is 30.3 Å². The first-order valence-corrected chi connectivity index (χ1v) is 16.8. The van der Waals surface area contributed by atoms with Crippen LogP contribution in [0.3, 0.4) is 0 Å². The largest absolute Gasteiger partial charge is 0.365 e. The van der Waals surface area contributed by atoms with Crippen molar-refractivity contribution in [2.75, 3.05) is 6.54 Å². The van der Waals surface area contributed by atoms with Gasteiger partial charge in [0.25, 0.3) is 0 Å². The molecule has 12 atom stereocenters. The smallest absolute Gasteiger partial charge is 0.216 e. The summed E-state index contributed by atoms with van der Waals surface area (Å²) in [4.78, 5) is 5.37. The SMILES string of the molecule is CC1=C2C[C@H]3C(CC[C@@H]4CC(N=[N+]=[N-])CCC43C)[C@@H]2CCC12O[C@@H]1CC(C)CN(C(O)OCc3ccccc3)C1[C@H]2C. The maximum absolute atomic E-state index is 11.4. The molecule has 5 fully saturated rings. The molecular formula is C35H50N4O3. The van der Waals surface area contributed by atoms with E-state index in [1.165, 1.54) is 37.7 Å². The summed E-state index contributed by atoms with van der Waals surface area (Å²) in [5.74, 6) is 3.63. The summed E-state index contributed by atoms with van der Waals surface area (Å²) < 4.78 is 13.3. The maximum atomic E-state index is 11.4.